The molecule has 0 saturated carbocycles. The van der Waals surface area contributed by atoms with Crippen LogP contribution in [0.2, 0.25) is 0 Å². The molecule has 9 heavy (non-hydrogen) atoms. The van der Waals surface area contributed by atoms with Crippen LogP contribution in [-0.4, -0.2) is 6.54 Å². The van der Waals surface area contributed by atoms with E-state index in [9.17, 15) is 0 Å². The van der Waals surface area contributed by atoms with Crippen LogP contribution in [0.3, 0.4) is 0 Å². The van der Waals surface area contributed by atoms with Crippen molar-refractivity contribution in [1.29, 1.82) is 0 Å². The molecule has 0 aromatic rings. The molecule has 0 bridgehead atoms. The lowest BCUT2D eigenvalue weighted by Crippen LogP contribution is -2.06. The van der Waals surface area contributed by atoms with Gasteiger partial charge in [0.05, 0.1) is 0 Å². The van der Waals surface area contributed by atoms with E-state index < -0.39 is 0 Å². The minimum atomic E-state index is 0.356. The molecular weight excluding hydrogens is 110 g/mol. The zero-order valence-electron chi connectivity index (χ0n) is 5.22. The molecule has 1 heterocycles. The fourth-order valence-corrected chi connectivity index (χ4v) is 0.872. The van der Waals surface area contributed by atoms with Crippen LogP contribution < -0.4 is 5.32 Å². The highest BCUT2D eigenvalue weighted by molar-refractivity contribution is 5.33. The molecule has 0 fully saturated rings. The monoisotopic (exact) mass is 119 g/mol. The number of nitrogens with one attached hydrogen (secondary N) is 1. The van der Waals surface area contributed by atoms with Crippen molar-refractivity contribution in [1.82, 2.24) is 5.32 Å². The third-order valence-corrected chi connectivity index (χ3v) is 1.45. The first-order valence-corrected chi connectivity index (χ1v) is 2.91. The molecule has 0 aromatic heterocycles. The molecule has 1 aliphatic heterocycles. The van der Waals surface area contributed by atoms with Crippen LogP contribution in [0.5, 0.6) is 0 Å². The van der Waals surface area contributed by atoms with Crippen molar-refractivity contribution in [2.75, 3.05) is 6.54 Å². The van der Waals surface area contributed by atoms with E-state index >= 15 is 0 Å². The molecule has 1 N–H and O–H groups in total. The molecule has 1 aliphatic rings. The number of rotatable bonds is 1. The Morgan fingerprint density at radius 1 is 2.00 bits per heavy atom. The van der Waals surface area contributed by atoms with Gasteiger partial charge >= 0.3 is 0 Å². The Labute approximate surface area is 55.5 Å². The quantitative estimate of drug-likeness (QED) is 0.399. The van der Waals surface area contributed by atoms with Gasteiger partial charge in [-0.05, 0) is 0 Å². The summed E-state index contributed by atoms with van der Waals surface area (Å²) >= 11 is 0. The predicted molar refractivity (Wildman–Crippen MR) is 38.6 cm³/mol. The molecule has 0 spiro atoms. The van der Waals surface area contributed by atoms with Crippen molar-refractivity contribution in [3.8, 4) is 12.3 Å². The van der Waals surface area contributed by atoms with Crippen molar-refractivity contribution in [3.63, 3.8) is 0 Å². The summed E-state index contributed by atoms with van der Waals surface area (Å²) in [6.07, 6.45) is 8.93. The highest BCUT2D eigenvalue weighted by Crippen LogP contribution is 2.13. The van der Waals surface area contributed by atoms with Crippen LogP contribution in [0.25, 0.3) is 0 Å². The van der Waals surface area contributed by atoms with Gasteiger partial charge < -0.3 is 5.32 Å². The summed E-state index contributed by atoms with van der Waals surface area (Å²) in [6, 6.07) is 0. The lowest BCUT2D eigenvalue weighted by molar-refractivity contribution is 0.778. The van der Waals surface area contributed by atoms with Gasteiger partial charge in [0, 0.05) is 24.2 Å². The van der Waals surface area contributed by atoms with E-state index in [0.29, 0.717) is 5.92 Å². The molecule has 1 heteroatoms. The van der Waals surface area contributed by atoms with Gasteiger partial charge in [0.2, 0.25) is 0 Å². The normalized spacial score (nSPS) is 23.9. The van der Waals surface area contributed by atoms with Crippen molar-refractivity contribution in [2.24, 2.45) is 5.92 Å². The summed E-state index contributed by atoms with van der Waals surface area (Å²) in [5, 5.41) is 3.05. The summed E-state index contributed by atoms with van der Waals surface area (Å²) in [5.41, 5.74) is 1.00. The Balaban J connectivity index is 2.70. The SMILES string of the molecule is C#CC1=CNCC1C=C. The van der Waals surface area contributed by atoms with Gasteiger partial charge in [-0.1, -0.05) is 12.0 Å². The Morgan fingerprint density at radius 2 is 2.78 bits per heavy atom. The van der Waals surface area contributed by atoms with E-state index in [-0.39, 0.29) is 0 Å². The molecule has 1 unspecified atom stereocenters. The molecule has 0 amide bonds. The molecule has 0 radical (unpaired) electrons. The summed E-state index contributed by atoms with van der Waals surface area (Å²) in [6.45, 7) is 4.57. The van der Waals surface area contributed by atoms with Gasteiger partial charge in [-0.2, -0.15) is 0 Å². The smallest absolute Gasteiger partial charge is 0.0283 e. The molecule has 1 atom stereocenters. The third kappa shape index (κ3) is 0.972. The fourth-order valence-electron chi connectivity index (χ4n) is 0.872. The maximum atomic E-state index is 5.19. The highest BCUT2D eigenvalue weighted by atomic mass is 14.9. The first kappa shape index (κ1) is 5.97. The molecule has 1 rings (SSSR count). The van der Waals surface area contributed by atoms with E-state index in [2.05, 4.69) is 17.8 Å². The maximum absolute atomic E-state index is 5.19. The van der Waals surface area contributed by atoms with E-state index in [0.717, 1.165) is 12.1 Å². The Hall–Kier alpha value is -1.16. The molecule has 1 nitrogen and oxygen atoms in total. The molecular formula is C8H9N. The second-order valence-electron chi connectivity index (χ2n) is 1.99. The van der Waals surface area contributed by atoms with E-state index in [1.165, 1.54) is 0 Å². The molecule has 0 aliphatic carbocycles. The standard InChI is InChI=1S/C8H9N/c1-3-7-5-9-6-8(7)4-2/h1,4-5,8-9H,2,6H2. The van der Waals surface area contributed by atoms with Crippen LogP contribution in [0, 0.1) is 18.3 Å². The summed E-state index contributed by atoms with van der Waals surface area (Å²) in [7, 11) is 0. The molecule has 0 aromatic carbocycles. The number of hydrogen-bond donors (Lipinski definition) is 1. The third-order valence-electron chi connectivity index (χ3n) is 1.45. The Morgan fingerprint density at radius 3 is 3.22 bits per heavy atom. The van der Waals surface area contributed by atoms with E-state index in [1.807, 2.05) is 12.3 Å². The molecule has 46 valence electrons. The number of terminal acetylenes is 1. The van der Waals surface area contributed by atoms with Crippen molar-refractivity contribution >= 4 is 0 Å². The predicted octanol–water partition coefficient (Wildman–Crippen LogP) is 0.909. The van der Waals surface area contributed by atoms with Gasteiger partial charge in [0.1, 0.15) is 0 Å². The van der Waals surface area contributed by atoms with Crippen LogP contribution >= 0.6 is 0 Å². The van der Waals surface area contributed by atoms with Crippen LogP contribution in [0.1, 0.15) is 0 Å². The lowest BCUT2D eigenvalue weighted by Gasteiger charge is -1.99. The summed E-state index contributed by atoms with van der Waals surface area (Å²) in [4.78, 5) is 0. The average Bonchev–Trinajstić information content (AvgIpc) is 2.33. The van der Waals surface area contributed by atoms with Gasteiger partial charge in [-0.25, -0.2) is 0 Å². The second-order valence-corrected chi connectivity index (χ2v) is 1.99. The van der Waals surface area contributed by atoms with Crippen molar-refractivity contribution < 1.29 is 0 Å². The first-order chi connectivity index (χ1) is 4.38. The first-order valence-electron chi connectivity index (χ1n) is 2.91. The van der Waals surface area contributed by atoms with Gasteiger partial charge in [-0.15, -0.1) is 13.0 Å². The fraction of sp³-hybridized carbons (Fsp3) is 0.250. The lowest BCUT2D eigenvalue weighted by atomic mass is 10.0. The summed E-state index contributed by atoms with van der Waals surface area (Å²) in [5.74, 6) is 2.95. The van der Waals surface area contributed by atoms with Gasteiger partial charge in [-0.3, -0.25) is 0 Å². The number of hydrogen-bond acceptors (Lipinski definition) is 1. The van der Waals surface area contributed by atoms with Crippen molar-refractivity contribution in [2.45, 2.75) is 0 Å². The molecule has 0 saturated heterocycles. The van der Waals surface area contributed by atoms with Crippen molar-refractivity contribution in [3.05, 3.63) is 24.4 Å². The minimum Gasteiger partial charge on any atom is -0.389 e. The second kappa shape index (κ2) is 2.41. The summed E-state index contributed by atoms with van der Waals surface area (Å²) < 4.78 is 0. The highest BCUT2D eigenvalue weighted by Gasteiger charge is 2.12. The van der Waals surface area contributed by atoms with Crippen LogP contribution in [0.4, 0.5) is 0 Å². The zero-order chi connectivity index (χ0) is 6.69. The Bertz CT molecular complexity index is 183. The average molecular weight is 119 g/mol. The van der Waals surface area contributed by atoms with Gasteiger partial charge in [0.25, 0.3) is 0 Å². The van der Waals surface area contributed by atoms with Crippen LogP contribution in [0.15, 0.2) is 24.4 Å². The minimum absolute atomic E-state index is 0.356. The maximum Gasteiger partial charge on any atom is 0.0283 e. The van der Waals surface area contributed by atoms with E-state index in [4.69, 9.17) is 6.42 Å². The Kier molecular flexibility index (Phi) is 1.60. The van der Waals surface area contributed by atoms with E-state index in [1.54, 1.807) is 0 Å². The van der Waals surface area contributed by atoms with Crippen LogP contribution in [-0.2, 0) is 0 Å². The topological polar surface area (TPSA) is 12.0 Å². The largest absolute Gasteiger partial charge is 0.389 e. The van der Waals surface area contributed by atoms with Gasteiger partial charge in [0.15, 0.2) is 0 Å². The zero-order valence-corrected chi connectivity index (χ0v) is 5.22.